The van der Waals surface area contributed by atoms with Crippen molar-refractivity contribution in [3.8, 4) is 0 Å². The van der Waals surface area contributed by atoms with Crippen molar-refractivity contribution in [3.63, 3.8) is 0 Å². The minimum absolute atomic E-state index is 0.0179. The fraction of sp³-hybridized carbons (Fsp3) is 0.250. The minimum Gasteiger partial charge on any atom is -0.339 e. The van der Waals surface area contributed by atoms with E-state index in [0.717, 1.165) is 11.3 Å². The number of hydrogen-bond acceptors (Lipinski definition) is 3. The number of carbonyl (C=O) groups is 1. The number of benzene rings is 1. The molecule has 0 aliphatic heterocycles. The molecule has 2 N–H and O–H groups in total. The summed E-state index contributed by atoms with van der Waals surface area (Å²) in [5, 5.41) is 0. The van der Waals surface area contributed by atoms with Crippen LogP contribution in [0.15, 0.2) is 54.7 Å². The number of aromatic nitrogens is 1. The lowest BCUT2D eigenvalue weighted by atomic mass is 9.98. The molecule has 2 aromatic rings. The van der Waals surface area contributed by atoms with Gasteiger partial charge in [0.05, 0.1) is 18.2 Å². The lowest BCUT2D eigenvalue weighted by molar-refractivity contribution is -0.131. The van der Waals surface area contributed by atoms with E-state index < -0.39 is 0 Å². The highest BCUT2D eigenvalue weighted by Gasteiger charge is 2.22. The molecule has 1 unspecified atom stereocenters. The van der Waals surface area contributed by atoms with Crippen molar-refractivity contribution in [1.82, 2.24) is 9.88 Å². The van der Waals surface area contributed by atoms with Gasteiger partial charge >= 0.3 is 0 Å². The van der Waals surface area contributed by atoms with Gasteiger partial charge in [0.15, 0.2) is 0 Å². The second kappa shape index (κ2) is 6.82. The van der Waals surface area contributed by atoms with Gasteiger partial charge in [0.1, 0.15) is 0 Å². The van der Waals surface area contributed by atoms with E-state index in [1.54, 1.807) is 18.1 Å². The van der Waals surface area contributed by atoms with Gasteiger partial charge < -0.3 is 10.6 Å². The molecule has 1 heterocycles. The molecule has 4 nitrogen and oxygen atoms in total. The number of rotatable bonds is 5. The van der Waals surface area contributed by atoms with Gasteiger partial charge in [0.25, 0.3) is 0 Å². The van der Waals surface area contributed by atoms with E-state index in [-0.39, 0.29) is 11.8 Å². The lowest BCUT2D eigenvalue weighted by Crippen LogP contribution is -2.35. The molecule has 1 aromatic carbocycles. The summed E-state index contributed by atoms with van der Waals surface area (Å²) in [4.78, 5) is 18.4. The molecule has 1 amide bonds. The maximum atomic E-state index is 12.5. The zero-order chi connectivity index (χ0) is 14.4. The van der Waals surface area contributed by atoms with Crippen LogP contribution in [-0.2, 0) is 11.3 Å². The van der Waals surface area contributed by atoms with E-state index >= 15 is 0 Å². The van der Waals surface area contributed by atoms with Crippen molar-refractivity contribution in [2.24, 2.45) is 5.73 Å². The summed E-state index contributed by atoms with van der Waals surface area (Å²) in [7, 11) is 1.78. The molecule has 20 heavy (non-hydrogen) atoms. The van der Waals surface area contributed by atoms with Crippen LogP contribution < -0.4 is 5.73 Å². The number of hydrogen-bond donors (Lipinski definition) is 1. The van der Waals surface area contributed by atoms with Crippen molar-refractivity contribution < 1.29 is 4.79 Å². The van der Waals surface area contributed by atoms with Crippen LogP contribution in [0.4, 0.5) is 0 Å². The third-order valence-electron chi connectivity index (χ3n) is 3.24. The molecule has 0 fully saturated rings. The molecule has 0 bridgehead atoms. The summed E-state index contributed by atoms with van der Waals surface area (Å²) >= 11 is 0. The van der Waals surface area contributed by atoms with E-state index in [0.29, 0.717) is 13.1 Å². The third kappa shape index (κ3) is 3.42. The molecule has 2 rings (SSSR count). The van der Waals surface area contributed by atoms with Crippen molar-refractivity contribution in [2.45, 2.75) is 12.5 Å². The Kier molecular flexibility index (Phi) is 4.85. The van der Waals surface area contributed by atoms with E-state index in [1.165, 1.54) is 0 Å². The van der Waals surface area contributed by atoms with Gasteiger partial charge in [-0.05, 0) is 17.7 Å². The van der Waals surface area contributed by atoms with E-state index in [4.69, 9.17) is 5.73 Å². The van der Waals surface area contributed by atoms with Gasteiger partial charge in [0.2, 0.25) is 5.91 Å². The van der Waals surface area contributed by atoms with Crippen LogP contribution in [0.5, 0.6) is 0 Å². The number of pyridine rings is 1. The van der Waals surface area contributed by atoms with Crippen LogP contribution >= 0.6 is 0 Å². The van der Waals surface area contributed by atoms with Crippen molar-refractivity contribution in [1.29, 1.82) is 0 Å². The molecule has 4 heteroatoms. The van der Waals surface area contributed by atoms with Gasteiger partial charge in [-0.2, -0.15) is 0 Å². The number of amides is 1. The highest BCUT2D eigenvalue weighted by molar-refractivity contribution is 5.83. The van der Waals surface area contributed by atoms with Crippen LogP contribution in [0.25, 0.3) is 0 Å². The molecule has 0 saturated carbocycles. The molecule has 0 radical (unpaired) electrons. The normalized spacial score (nSPS) is 11.9. The zero-order valence-electron chi connectivity index (χ0n) is 11.6. The average molecular weight is 269 g/mol. The fourth-order valence-corrected chi connectivity index (χ4v) is 2.14. The maximum Gasteiger partial charge on any atom is 0.231 e. The Hall–Kier alpha value is -2.20. The third-order valence-corrected chi connectivity index (χ3v) is 3.24. The van der Waals surface area contributed by atoms with Crippen LogP contribution in [0.2, 0.25) is 0 Å². The number of likely N-dealkylation sites (N-methyl/N-ethyl adjacent to an activating group) is 1. The molecular formula is C16H19N3O. The van der Waals surface area contributed by atoms with Gasteiger partial charge in [-0.3, -0.25) is 9.78 Å². The smallest absolute Gasteiger partial charge is 0.231 e. The summed E-state index contributed by atoms with van der Waals surface area (Å²) in [5.74, 6) is -0.283. The molecule has 0 aliphatic rings. The van der Waals surface area contributed by atoms with E-state index in [9.17, 15) is 4.79 Å². The number of carbonyl (C=O) groups excluding carboxylic acids is 1. The van der Waals surface area contributed by atoms with Gasteiger partial charge in [-0.1, -0.05) is 36.4 Å². The summed E-state index contributed by atoms with van der Waals surface area (Å²) in [6.07, 6.45) is 1.73. The van der Waals surface area contributed by atoms with Gasteiger partial charge in [-0.15, -0.1) is 0 Å². The molecule has 104 valence electrons. The highest BCUT2D eigenvalue weighted by atomic mass is 16.2. The van der Waals surface area contributed by atoms with Crippen LogP contribution in [0, 0.1) is 0 Å². The standard InChI is InChI=1S/C16H19N3O/c1-19(12-14-9-5-6-10-18-14)16(20)15(11-17)13-7-3-2-4-8-13/h2-10,15H,11-12,17H2,1H3. The topological polar surface area (TPSA) is 59.2 Å². The average Bonchev–Trinajstić information content (AvgIpc) is 2.50. The van der Waals surface area contributed by atoms with Crippen LogP contribution in [0.3, 0.4) is 0 Å². The second-order valence-electron chi connectivity index (χ2n) is 4.71. The number of nitrogens with two attached hydrogens (primary N) is 1. The number of nitrogens with zero attached hydrogens (tertiary/aromatic N) is 2. The first kappa shape index (κ1) is 14.2. The van der Waals surface area contributed by atoms with Crippen LogP contribution in [0.1, 0.15) is 17.2 Å². The first-order valence-electron chi connectivity index (χ1n) is 6.62. The van der Waals surface area contributed by atoms with Gasteiger partial charge in [0, 0.05) is 19.8 Å². The quantitative estimate of drug-likeness (QED) is 0.900. The molecular weight excluding hydrogens is 250 g/mol. The second-order valence-corrected chi connectivity index (χ2v) is 4.71. The Morgan fingerprint density at radius 3 is 2.50 bits per heavy atom. The molecule has 1 atom stereocenters. The largest absolute Gasteiger partial charge is 0.339 e. The Labute approximate surface area is 119 Å². The van der Waals surface area contributed by atoms with Gasteiger partial charge in [-0.25, -0.2) is 0 Å². The monoisotopic (exact) mass is 269 g/mol. The Morgan fingerprint density at radius 2 is 1.90 bits per heavy atom. The summed E-state index contributed by atoms with van der Waals surface area (Å²) in [6, 6.07) is 15.3. The SMILES string of the molecule is CN(Cc1ccccn1)C(=O)C(CN)c1ccccc1. The Morgan fingerprint density at radius 1 is 1.20 bits per heavy atom. The molecule has 0 aliphatic carbocycles. The van der Waals surface area contributed by atoms with E-state index in [2.05, 4.69) is 4.98 Å². The van der Waals surface area contributed by atoms with Crippen molar-refractivity contribution >= 4 is 5.91 Å². The van der Waals surface area contributed by atoms with Crippen molar-refractivity contribution in [2.75, 3.05) is 13.6 Å². The maximum absolute atomic E-state index is 12.5. The first-order chi connectivity index (χ1) is 9.72. The fourth-order valence-electron chi connectivity index (χ4n) is 2.14. The molecule has 1 aromatic heterocycles. The van der Waals surface area contributed by atoms with Crippen LogP contribution in [-0.4, -0.2) is 29.4 Å². The zero-order valence-corrected chi connectivity index (χ0v) is 11.6. The summed E-state index contributed by atoms with van der Waals surface area (Å²) in [5.41, 5.74) is 7.59. The first-order valence-corrected chi connectivity index (χ1v) is 6.62. The highest BCUT2D eigenvalue weighted by Crippen LogP contribution is 2.17. The predicted molar refractivity (Wildman–Crippen MR) is 78.9 cm³/mol. The summed E-state index contributed by atoms with van der Waals surface area (Å²) in [6.45, 7) is 0.790. The minimum atomic E-state index is -0.301. The Bertz CT molecular complexity index is 542. The van der Waals surface area contributed by atoms with E-state index in [1.807, 2.05) is 48.5 Å². The molecule has 0 saturated heterocycles. The Balaban J connectivity index is 2.09. The lowest BCUT2D eigenvalue weighted by Gasteiger charge is -2.23. The molecule has 0 spiro atoms. The predicted octanol–water partition coefficient (Wildman–Crippen LogP) is 1.78. The summed E-state index contributed by atoms with van der Waals surface area (Å²) < 4.78 is 0. The van der Waals surface area contributed by atoms with Crippen molar-refractivity contribution in [3.05, 3.63) is 66.0 Å².